The first-order chi connectivity index (χ1) is 8.06. The number of benzene rings is 1. The maximum atomic E-state index is 12.1. The van der Waals surface area contributed by atoms with E-state index in [4.69, 9.17) is 5.73 Å². The van der Waals surface area contributed by atoms with Crippen LogP contribution in [0.5, 0.6) is 0 Å². The van der Waals surface area contributed by atoms with Crippen LogP contribution in [-0.2, 0) is 0 Å². The quantitative estimate of drug-likeness (QED) is 0.880. The number of rotatable bonds is 2. The highest BCUT2D eigenvalue weighted by Gasteiger charge is 2.25. The molecule has 1 aliphatic rings. The summed E-state index contributed by atoms with van der Waals surface area (Å²) in [6.45, 7) is 1.98. The van der Waals surface area contributed by atoms with E-state index in [9.17, 15) is 4.79 Å². The lowest BCUT2D eigenvalue weighted by Crippen LogP contribution is -2.43. The highest BCUT2D eigenvalue weighted by atomic mass is 79.9. The normalized spacial score (nSPS) is 23.7. The molecule has 0 heterocycles. The molecule has 2 unspecified atom stereocenters. The SMILES string of the molecule is Cc1cc(Br)cc(C(=O)NC2CCCC2N)c1. The Bertz CT molecular complexity index is 413. The van der Waals surface area contributed by atoms with E-state index < -0.39 is 0 Å². The average molecular weight is 297 g/mol. The van der Waals surface area contributed by atoms with Crippen molar-refractivity contribution < 1.29 is 4.79 Å². The summed E-state index contributed by atoms with van der Waals surface area (Å²) in [5.41, 5.74) is 7.70. The summed E-state index contributed by atoms with van der Waals surface area (Å²) in [6.07, 6.45) is 3.09. The van der Waals surface area contributed by atoms with E-state index in [1.165, 1.54) is 0 Å². The van der Waals surface area contributed by atoms with Gasteiger partial charge in [0.15, 0.2) is 0 Å². The topological polar surface area (TPSA) is 55.1 Å². The lowest BCUT2D eigenvalue weighted by molar-refractivity contribution is 0.0934. The molecule has 2 atom stereocenters. The fourth-order valence-electron chi connectivity index (χ4n) is 2.29. The van der Waals surface area contributed by atoms with Crippen LogP contribution in [0.4, 0.5) is 0 Å². The third-order valence-electron chi connectivity index (χ3n) is 3.19. The standard InChI is InChI=1S/C13H17BrN2O/c1-8-5-9(7-10(14)6-8)13(17)16-12-4-2-3-11(12)15/h5-7,11-12H,2-4,15H2,1H3,(H,16,17). The van der Waals surface area contributed by atoms with E-state index in [1.807, 2.05) is 25.1 Å². The van der Waals surface area contributed by atoms with Crippen molar-refractivity contribution in [2.75, 3.05) is 0 Å². The zero-order valence-corrected chi connectivity index (χ0v) is 11.5. The zero-order valence-electron chi connectivity index (χ0n) is 9.87. The lowest BCUT2D eigenvalue weighted by atomic mass is 10.1. The molecule has 0 radical (unpaired) electrons. The Morgan fingerprint density at radius 1 is 1.41 bits per heavy atom. The van der Waals surface area contributed by atoms with Crippen LogP contribution in [0.15, 0.2) is 22.7 Å². The molecule has 0 spiro atoms. The second kappa shape index (κ2) is 5.19. The second-order valence-corrected chi connectivity index (χ2v) is 5.61. The molecule has 92 valence electrons. The Balaban J connectivity index is 2.09. The van der Waals surface area contributed by atoms with Gasteiger partial charge >= 0.3 is 0 Å². The molecule has 0 aliphatic heterocycles. The summed E-state index contributed by atoms with van der Waals surface area (Å²) in [7, 11) is 0. The van der Waals surface area contributed by atoms with Crippen LogP contribution in [0.25, 0.3) is 0 Å². The van der Waals surface area contributed by atoms with Crippen molar-refractivity contribution in [3.05, 3.63) is 33.8 Å². The van der Waals surface area contributed by atoms with Crippen molar-refractivity contribution in [2.45, 2.75) is 38.3 Å². The summed E-state index contributed by atoms with van der Waals surface area (Å²) in [6, 6.07) is 5.94. The van der Waals surface area contributed by atoms with Crippen molar-refractivity contribution in [2.24, 2.45) is 5.73 Å². The van der Waals surface area contributed by atoms with Gasteiger partial charge in [0.1, 0.15) is 0 Å². The molecule has 1 saturated carbocycles. The number of amides is 1. The molecule has 1 aromatic carbocycles. The van der Waals surface area contributed by atoms with Gasteiger partial charge in [0, 0.05) is 22.1 Å². The van der Waals surface area contributed by atoms with Crippen molar-refractivity contribution >= 4 is 21.8 Å². The third kappa shape index (κ3) is 3.07. The van der Waals surface area contributed by atoms with Gasteiger partial charge in [-0.3, -0.25) is 4.79 Å². The highest BCUT2D eigenvalue weighted by Crippen LogP contribution is 2.19. The number of halogens is 1. The van der Waals surface area contributed by atoms with Gasteiger partial charge < -0.3 is 11.1 Å². The molecular weight excluding hydrogens is 280 g/mol. The monoisotopic (exact) mass is 296 g/mol. The number of hydrogen-bond acceptors (Lipinski definition) is 2. The van der Waals surface area contributed by atoms with Gasteiger partial charge in [0.05, 0.1) is 0 Å². The second-order valence-electron chi connectivity index (χ2n) is 4.69. The fourth-order valence-corrected chi connectivity index (χ4v) is 2.89. The fraction of sp³-hybridized carbons (Fsp3) is 0.462. The van der Waals surface area contributed by atoms with Crippen molar-refractivity contribution in [3.8, 4) is 0 Å². The third-order valence-corrected chi connectivity index (χ3v) is 3.65. The Labute approximate surface area is 110 Å². The molecule has 1 fully saturated rings. The van der Waals surface area contributed by atoms with Gasteiger partial charge in [-0.2, -0.15) is 0 Å². The Hall–Kier alpha value is -0.870. The van der Waals surface area contributed by atoms with E-state index in [-0.39, 0.29) is 18.0 Å². The molecule has 0 saturated heterocycles. The summed E-state index contributed by atoms with van der Waals surface area (Å²) < 4.78 is 0.929. The smallest absolute Gasteiger partial charge is 0.251 e. The highest BCUT2D eigenvalue weighted by molar-refractivity contribution is 9.10. The average Bonchev–Trinajstić information content (AvgIpc) is 2.63. The molecule has 1 aromatic rings. The predicted molar refractivity (Wildman–Crippen MR) is 72.0 cm³/mol. The molecule has 1 aliphatic carbocycles. The maximum absolute atomic E-state index is 12.1. The van der Waals surface area contributed by atoms with Gasteiger partial charge in [-0.25, -0.2) is 0 Å². The van der Waals surface area contributed by atoms with E-state index in [2.05, 4.69) is 21.2 Å². The number of nitrogens with two attached hydrogens (primary N) is 1. The van der Waals surface area contributed by atoms with E-state index >= 15 is 0 Å². The van der Waals surface area contributed by atoms with E-state index in [0.29, 0.717) is 5.56 Å². The number of nitrogens with one attached hydrogen (secondary N) is 1. The molecule has 0 bridgehead atoms. The maximum Gasteiger partial charge on any atom is 0.251 e. The Morgan fingerprint density at radius 3 is 2.76 bits per heavy atom. The minimum absolute atomic E-state index is 0.0308. The largest absolute Gasteiger partial charge is 0.348 e. The molecule has 3 nitrogen and oxygen atoms in total. The van der Waals surface area contributed by atoms with Gasteiger partial charge in [0.25, 0.3) is 5.91 Å². The molecule has 17 heavy (non-hydrogen) atoms. The van der Waals surface area contributed by atoms with Gasteiger partial charge in [-0.05, 0) is 49.9 Å². The van der Waals surface area contributed by atoms with Crippen LogP contribution in [0, 0.1) is 6.92 Å². The van der Waals surface area contributed by atoms with Gasteiger partial charge in [-0.15, -0.1) is 0 Å². The number of hydrogen-bond donors (Lipinski definition) is 2. The number of aryl methyl sites for hydroxylation is 1. The molecular formula is C13H17BrN2O. The summed E-state index contributed by atoms with van der Waals surface area (Å²) >= 11 is 3.40. The molecule has 3 N–H and O–H groups in total. The van der Waals surface area contributed by atoms with Crippen molar-refractivity contribution in [1.29, 1.82) is 0 Å². The van der Waals surface area contributed by atoms with Crippen molar-refractivity contribution in [3.63, 3.8) is 0 Å². The van der Waals surface area contributed by atoms with Crippen LogP contribution in [0.3, 0.4) is 0 Å². The first kappa shape index (κ1) is 12.6. The first-order valence-corrected chi connectivity index (χ1v) is 6.69. The summed E-state index contributed by atoms with van der Waals surface area (Å²) in [5, 5.41) is 3.01. The minimum atomic E-state index is -0.0308. The van der Waals surface area contributed by atoms with Crippen LogP contribution in [0.2, 0.25) is 0 Å². The lowest BCUT2D eigenvalue weighted by Gasteiger charge is -2.17. The van der Waals surface area contributed by atoms with E-state index in [1.54, 1.807) is 0 Å². The molecule has 4 heteroatoms. The first-order valence-electron chi connectivity index (χ1n) is 5.90. The summed E-state index contributed by atoms with van der Waals surface area (Å²) in [4.78, 5) is 12.1. The molecule has 1 amide bonds. The van der Waals surface area contributed by atoms with Gasteiger partial charge in [0.2, 0.25) is 0 Å². The minimum Gasteiger partial charge on any atom is -0.348 e. The van der Waals surface area contributed by atoms with Crippen LogP contribution < -0.4 is 11.1 Å². The van der Waals surface area contributed by atoms with Gasteiger partial charge in [-0.1, -0.05) is 15.9 Å². The van der Waals surface area contributed by atoms with E-state index in [0.717, 1.165) is 29.3 Å². The number of carbonyl (C=O) groups is 1. The zero-order chi connectivity index (χ0) is 12.4. The predicted octanol–water partition coefficient (Wildman–Crippen LogP) is 2.37. The number of carbonyl (C=O) groups excluding carboxylic acids is 1. The van der Waals surface area contributed by atoms with Crippen LogP contribution >= 0.6 is 15.9 Å². The Morgan fingerprint density at radius 2 is 2.18 bits per heavy atom. The molecule has 2 rings (SSSR count). The summed E-state index contributed by atoms with van der Waals surface area (Å²) in [5.74, 6) is -0.0308. The molecule has 0 aromatic heterocycles. The van der Waals surface area contributed by atoms with Crippen molar-refractivity contribution in [1.82, 2.24) is 5.32 Å². The van der Waals surface area contributed by atoms with Crippen LogP contribution in [0.1, 0.15) is 35.2 Å². The Kier molecular flexibility index (Phi) is 3.84. The van der Waals surface area contributed by atoms with Crippen LogP contribution in [-0.4, -0.2) is 18.0 Å².